The summed E-state index contributed by atoms with van der Waals surface area (Å²) in [4.78, 5) is 25.2. The standard InChI is InChI=1S/C41H74O10/c1-3-5-7-9-11-13-15-17-19-21-23-25-27-29-36(43)48-32-34(33-49-41-40(47)39(46)38(45)35(31-42)51-41)50-37(44)30-28-26-24-22-20-18-16-14-12-10-8-6-4-2/h8,10,14,16,34-35,38-42,45-47H,3-7,9,11-13,15,17-33H2,1-2H3/b10-8-,16-14-. The molecule has 1 aliphatic rings. The fourth-order valence-corrected chi connectivity index (χ4v) is 6.05. The van der Waals surface area contributed by atoms with Gasteiger partial charge in [-0.25, -0.2) is 0 Å². The third-order valence-corrected chi connectivity index (χ3v) is 9.32. The molecule has 1 heterocycles. The topological polar surface area (TPSA) is 152 Å². The van der Waals surface area contributed by atoms with Gasteiger partial charge in [-0.3, -0.25) is 9.59 Å². The molecule has 51 heavy (non-hydrogen) atoms. The van der Waals surface area contributed by atoms with Crippen molar-refractivity contribution in [2.24, 2.45) is 0 Å². The van der Waals surface area contributed by atoms with Gasteiger partial charge in [0.05, 0.1) is 13.2 Å². The Bertz CT molecular complexity index is 892. The number of carbonyl (C=O) groups is 2. The molecule has 1 saturated heterocycles. The van der Waals surface area contributed by atoms with Gasteiger partial charge in [-0.2, -0.15) is 0 Å². The Labute approximate surface area is 309 Å². The lowest BCUT2D eigenvalue weighted by molar-refractivity contribution is -0.305. The number of hydrogen-bond donors (Lipinski definition) is 4. The Morgan fingerprint density at radius 2 is 1.14 bits per heavy atom. The smallest absolute Gasteiger partial charge is 0.306 e. The van der Waals surface area contributed by atoms with Crippen LogP contribution in [0.25, 0.3) is 0 Å². The molecule has 10 heteroatoms. The molecule has 6 unspecified atom stereocenters. The van der Waals surface area contributed by atoms with Crippen molar-refractivity contribution in [2.75, 3.05) is 19.8 Å². The van der Waals surface area contributed by atoms with Crippen molar-refractivity contribution in [2.45, 2.75) is 205 Å². The number of unbranched alkanes of at least 4 members (excludes halogenated alkanes) is 18. The molecule has 0 aromatic carbocycles. The van der Waals surface area contributed by atoms with E-state index in [2.05, 4.69) is 38.2 Å². The summed E-state index contributed by atoms with van der Waals surface area (Å²) < 4.78 is 22.1. The van der Waals surface area contributed by atoms with Crippen molar-refractivity contribution in [3.8, 4) is 0 Å². The maximum absolute atomic E-state index is 12.7. The normalized spacial score (nSPS) is 21.4. The van der Waals surface area contributed by atoms with Gasteiger partial charge in [-0.05, 0) is 38.5 Å². The fraction of sp³-hybridized carbons (Fsp3) is 0.854. The van der Waals surface area contributed by atoms with E-state index < -0.39 is 49.4 Å². The Morgan fingerprint density at radius 3 is 1.71 bits per heavy atom. The van der Waals surface area contributed by atoms with Crippen LogP contribution in [-0.2, 0) is 28.5 Å². The summed E-state index contributed by atoms with van der Waals surface area (Å²) in [5.41, 5.74) is 0. The highest BCUT2D eigenvalue weighted by Crippen LogP contribution is 2.22. The summed E-state index contributed by atoms with van der Waals surface area (Å²) in [5.74, 6) is -0.821. The average Bonchev–Trinajstić information content (AvgIpc) is 3.13. The Hall–Kier alpha value is -1.82. The molecule has 0 aliphatic carbocycles. The summed E-state index contributed by atoms with van der Waals surface area (Å²) in [6.07, 6.45) is 26.1. The molecule has 0 aromatic heterocycles. The second-order valence-electron chi connectivity index (χ2n) is 14.1. The van der Waals surface area contributed by atoms with Crippen molar-refractivity contribution >= 4 is 11.9 Å². The maximum atomic E-state index is 12.7. The minimum absolute atomic E-state index is 0.216. The number of rotatable bonds is 33. The van der Waals surface area contributed by atoms with Crippen LogP contribution < -0.4 is 0 Å². The van der Waals surface area contributed by atoms with Crippen molar-refractivity contribution in [3.63, 3.8) is 0 Å². The quantitative estimate of drug-likeness (QED) is 0.0300. The van der Waals surface area contributed by atoms with Gasteiger partial charge >= 0.3 is 11.9 Å². The Kier molecular flexibility index (Phi) is 30.4. The van der Waals surface area contributed by atoms with Crippen molar-refractivity contribution in [1.29, 1.82) is 0 Å². The fourth-order valence-electron chi connectivity index (χ4n) is 6.05. The number of carbonyl (C=O) groups excluding carboxylic acids is 2. The molecule has 6 atom stereocenters. The number of esters is 2. The molecule has 0 aromatic rings. The van der Waals surface area contributed by atoms with Crippen LogP contribution in [0.1, 0.15) is 168 Å². The zero-order valence-corrected chi connectivity index (χ0v) is 32.1. The third-order valence-electron chi connectivity index (χ3n) is 9.32. The van der Waals surface area contributed by atoms with E-state index in [1.165, 1.54) is 70.6 Å². The molecular formula is C41H74O10. The molecule has 298 valence electrons. The maximum Gasteiger partial charge on any atom is 0.306 e. The van der Waals surface area contributed by atoms with Gasteiger partial charge in [0.2, 0.25) is 0 Å². The van der Waals surface area contributed by atoms with E-state index in [9.17, 15) is 30.0 Å². The van der Waals surface area contributed by atoms with Gasteiger partial charge in [-0.1, -0.05) is 141 Å². The second kappa shape index (κ2) is 32.8. The number of hydrogen-bond acceptors (Lipinski definition) is 10. The number of aliphatic hydroxyl groups excluding tert-OH is 4. The summed E-state index contributed by atoms with van der Waals surface area (Å²) in [6.45, 7) is 3.33. The van der Waals surface area contributed by atoms with Gasteiger partial charge in [0.15, 0.2) is 12.4 Å². The molecule has 0 amide bonds. The summed E-state index contributed by atoms with van der Waals surface area (Å²) in [7, 11) is 0. The average molecular weight is 727 g/mol. The molecule has 0 radical (unpaired) electrons. The Morgan fingerprint density at radius 1 is 0.608 bits per heavy atom. The highest BCUT2D eigenvalue weighted by molar-refractivity contribution is 5.70. The first-order chi connectivity index (χ1) is 24.8. The minimum Gasteiger partial charge on any atom is -0.462 e. The zero-order valence-electron chi connectivity index (χ0n) is 32.1. The van der Waals surface area contributed by atoms with Crippen LogP contribution in [-0.4, -0.2) is 89.0 Å². The van der Waals surface area contributed by atoms with Crippen LogP contribution in [0.2, 0.25) is 0 Å². The second-order valence-corrected chi connectivity index (χ2v) is 14.1. The largest absolute Gasteiger partial charge is 0.462 e. The van der Waals surface area contributed by atoms with E-state index in [1.54, 1.807) is 0 Å². The first kappa shape index (κ1) is 47.2. The van der Waals surface area contributed by atoms with Crippen LogP contribution in [0.5, 0.6) is 0 Å². The van der Waals surface area contributed by atoms with E-state index in [0.29, 0.717) is 6.42 Å². The molecule has 1 aliphatic heterocycles. The third kappa shape index (κ3) is 24.9. The monoisotopic (exact) mass is 727 g/mol. The summed E-state index contributed by atoms with van der Waals surface area (Å²) in [5, 5.41) is 39.9. The van der Waals surface area contributed by atoms with Crippen LogP contribution >= 0.6 is 0 Å². The lowest BCUT2D eigenvalue weighted by atomic mass is 9.99. The van der Waals surface area contributed by atoms with Gasteiger partial charge in [0, 0.05) is 12.8 Å². The molecule has 0 spiro atoms. The van der Waals surface area contributed by atoms with Crippen LogP contribution in [0.3, 0.4) is 0 Å². The highest BCUT2D eigenvalue weighted by atomic mass is 16.7. The number of ether oxygens (including phenoxy) is 4. The van der Waals surface area contributed by atoms with Gasteiger partial charge in [-0.15, -0.1) is 0 Å². The Balaban J connectivity index is 2.38. The predicted molar refractivity (Wildman–Crippen MR) is 201 cm³/mol. The van der Waals surface area contributed by atoms with Gasteiger partial charge in [0.25, 0.3) is 0 Å². The molecule has 0 bridgehead atoms. The molecule has 1 fully saturated rings. The van der Waals surface area contributed by atoms with E-state index in [-0.39, 0.29) is 32.0 Å². The molecule has 10 nitrogen and oxygen atoms in total. The number of aliphatic hydroxyl groups is 4. The predicted octanol–water partition coefficient (Wildman–Crippen LogP) is 7.77. The molecule has 0 saturated carbocycles. The first-order valence-corrected chi connectivity index (χ1v) is 20.4. The van der Waals surface area contributed by atoms with E-state index in [4.69, 9.17) is 18.9 Å². The highest BCUT2D eigenvalue weighted by Gasteiger charge is 2.44. The van der Waals surface area contributed by atoms with Gasteiger partial charge in [0.1, 0.15) is 31.0 Å². The molecular weight excluding hydrogens is 652 g/mol. The summed E-state index contributed by atoms with van der Waals surface area (Å²) >= 11 is 0. The zero-order chi connectivity index (χ0) is 37.4. The van der Waals surface area contributed by atoms with Crippen molar-refractivity contribution in [1.82, 2.24) is 0 Å². The van der Waals surface area contributed by atoms with Crippen molar-refractivity contribution < 1.29 is 49.0 Å². The van der Waals surface area contributed by atoms with Crippen molar-refractivity contribution in [3.05, 3.63) is 24.3 Å². The first-order valence-electron chi connectivity index (χ1n) is 20.4. The van der Waals surface area contributed by atoms with E-state index in [1.807, 2.05) is 0 Å². The van der Waals surface area contributed by atoms with E-state index >= 15 is 0 Å². The molecule has 4 N–H and O–H groups in total. The SMILES string of the molecule is CCC/C=C\C/C=C\CCCCCCCC(=O)OC(COC(=O)CCCCCCCCCCCCCCC)COC1OC(CO)C(O)C(O)C1O. The van der Waals surface area contributed by atoms with Crippen LogP contribution in [0.4, 0.5) is 0 Å². The molecule has 1 rings (SSSR count). The van der Waals surface area contributed by atoms with E-state index in [0.717, 1.165) is 64.2 Å². The number of allylic oxidation sites excluding steroid dienone is 4. The van der Waals surface area contributed by atoms with Crippen LogP contribution in [0.15, 0.2) is 24.3 Å². The minimum atomic E-state index is -1.59. The summed E-state index contributed by atoms with van der Waals surface area (Å²) in [6, 6.07) is 0. The van der Waals surface area contributed by atoms with Crippen LogP contribution in [0, 0.1) is 0 Å². The lowest BCUT2D eigenvalue weighted by Gasteiger charge is -2.39. The van der Waals surface area contributed by atoms with Gasteiger partial charge < -0.3 is 39.4 Å². The lowest BCUT2D eigenvalue weighted by Crippen LogP contribution is -2.59.